The highest BCUT2D eigenvalue weighted by Crippen LogP contribution is 2.34. The lowest BCUT2D eigenvalue weighted by Crippen LogP contribution is -2.53. The fourth-order valence-electron chi connectivity index (χ4n) is 3.35. The van der Waals surface area contributed by atoms with Gasteiger partial charge >= 0.3 is 0 Å². The summed E-state index contributed by atoms with van der Waals surface area (Å²) in [6, 6.07) is 0. The molecule has 3 atom stereocenters. The van der Waals surface area contributed by atoms with Gasteiger partial charge in [0.05, 0.1) is 5.92 Å². The van der Waals surface area contributed by atoms with Crippen molar-refractivity contribution in [3.8, 4) is 0 Å². The third kappa shape index (κ3) is 3.18. The average Bonchev–Trinajstić information content (AvgIpc) is 2.76. The molecule has 0 aromatic carbocycles. The SMILES string of the molecule is CCC1CCN(C(=O)C2CCCCC2(C)N)C1.Cl. The molecule has 106 valence electrons. The van der Waals surface area contributed by atoms with Crippen LogP contribution in [-0.4, -0.2) is 29.4 Å². The lowest BCUT2D eigenvalue weighted by molar-refractivity contribution is -0.137. The Morgan fingerprint density at radius 3 is 2.67 bits per heavy atom. The molecule has 0 aromatic heterocycles. The molecule has 1 aliphatic heterocycles. The normalized spacial score (nSPS) is 36.3. The van der Waals surface area contributed by atoms with Gasteiger partial charge in [0.2, 0.25) is 5.91 Å². The molecule has 2 rings (SSSR count). The maximum atomic E-state index is 12.5. The second-order valence-corrected chi connectivity index (χ2v) is 6.15. The number of halogens is 1. The molecule has 2 fully saturated rings. The Morgan fingerprint density at radius 2 is 2.11 bits per heavy atom. The van der Waals surface area contributed by atoms with Crippen LogP contribution in [0.4, 0.5) is 0 Å². The van der Waals surface area contributed by atoms with Gasteiger partial charge in [0, 0.05) is 18.6 Å². The molecule has 2 aliphatic rings. The lowest BCUT2D eigenvalue weighted by atomic mass is 9.74. The van der Waals surface area contributed by atoms with Crippen LogP contribution in [0.15, 0.2) is 0 Å². The number of carbonyl (C=O) groups excluding carboxylic acids is 1. The zero-order valence-electron chi connectivity index (χ0n) is 11.7. The Hall–Kier alpha value is -0.280. The molecule has 1 heterocycles. The van der Waals surface area contributed by atoms with Gasteiger partial charge in [0.15, 0.2) is 0 Å². The van der Waals surface area contributed by atoms with Crippen molar-refractivity contribution in [1.82, 2.24) is 4.90 Å². The van der Waals surface area contributed by atoms with Crippen molar-refractivity contribution in [3.63, 3.8) is 0 Å². The summed E-state index contributed by atoms with van der Waals surface area (Å²) in [7, 11) is 0. The van der Waals surface area contributed by atoms with Crippen molar-refractivity contribution >= 4 is 18.3 Å². The Labute approximate surface area is 117 Å². The fourth-order valence-corrected chi connectivity index (χ4v) is 3.35. The first-order valence-corrected chi connectivity index (χ1v) is 7.12. The zero-order chi connectivity index (χ0) is 12.5. The van der Waals surface area contributed by atoms with Crippen LogP contribution in [0.1, 0.15) is 52.4 Å². The van der Waals surface area contributed by atoms with Crippen molar-refractivity contribution in [2.75, 3.05) is 13.1 Å². The number of carbonyl (C=O) groups is 1. The van der Waals surface area contributed by atoms with Crippen LogP contribution in [-0.2, 0) is 4.79 Å². The summed E-state index contributed by atoms with van der Waals surface area (Å²) in [4.78, 5) is 14.6. The highest BCUT2D eigenvalue weighted by Gasteiger charge is 2.41. The second kappa shape index (κ2) is 6.25. The summed E-state index contributed by atoms with van der Waals surface area (Å²) < 4.78 is 0. The Morgan fingerprint density at radius 1 is 1.39 bits per heavy atom. The number of nitrogens with zero attached hydrogens (tertiary/aromatic N) is 1. The molecule has 0 radical (unpaired) electrons. The van der Waals surface area contributed by atoms with E-state index in [2.05, 4.69) is 18.7 Å². The molecular formula is C14H27ClN2O. The largest absolute Gasteiger partial charge is 0.342 e. The molecule has 18 heavy (non-hydrogen) atoms. The number of hydrogen-bond donors (Lipinski definition) is 1. The highest BCUT2D eigenvalue weighted by molar-refractivity contribution is 5.85. The highest BCUT2D eigenvalue weighted by atomic mass is 35.5. The third-order valence-corrected chi connectivity index (χ3v) is 4.73. The number of amides is 1. The molecule has 3 unspecified atom stereocenters. The summed E-state index contributed by atoms with van der Waals surface area (Å²) in [6.45, 7) is 6.18. The number of nitrogens with two attached hydrogens (primary N) is 1. The van der Waals surface area contributed by atoms with E-state index in [-0.39, 0.29) is 23.9 Å². The molecule has 0 spiro atoms. The predicted octanol–water partition coefficient (Wildman–Crippen LogP) is 2.57. The van der Waals surface area contributed by atoms with E-state index < -0.39 is 0 Å². The maximum absolute atomic E-state index is 12.5. The summed E-state index contributed by atoms with van der Waals surface area (Å²) >= 11 is 0. The van der Waals surface area contributed by atoms with Crippen LogP contribution in [0.3, 0.4) is 0 Å². The minimum Gasteiger partial charge on any atom is -0.342 e. The van der Waals surface area contributed by atoms with Gasteiger partial charge in [-0.05, 0) is 32.1 Å². The molecule has 3 nitrogen and oxygen atoms in total. The van der Waals surface area contributed by atoms with E-state index in [1.54, 1.807) is 0 Å². The van der Waals surface area contributed by atoms with Crippen molar-refractivity contribution in [2.24, 2.45) is 17.6 Å². The van der Waals surface area contributed by atoms with E-state index in [0.717, 1.165) is 32.4 Å². The van der Waals surface area contributed by atoms with E-state index >= 15 is 0 Å². The van der Waals surface area contributed by atoms with Gasteiger partial charge in [0.25, 0.3) is 0 Å². The Bertz CT molecular complexity index is 294. The van der Waals surface area contributed by atoms with Gasteiger partial charge in [-0.25, -0.2) is 0 Å². The second-order valence-electron chi connectivity index (χ2n) is 6.15. The molecule has 2 N–H and O–H groups in total. The average molecular weight is 275 g/mol. The quantitative estimate of drug-likeness (QED) is 0.841. The van der Waals surface area contributed by atoms with Crippen LogP contribution < -0.4 is 5.73 Å². The number of likely N-dealkylation sites (tertiary alicyclic amines) is 1. The predicted molar refractivity (Wildman–Crippen MR) is 76.8 cm³/mol. The van der Waals surface area contributed by atoms with E-state index in [0.29, 0.717) is 11.8 Å². The molecule has 4 heteroatoms. The fraction of sp³-hybridized carbons (Fsp3) is 0.929. The number of rotatable bonds is 2. The number of hydrogen-bond acceptors (Lipinski definition) is 2. The van der Waals surface area contributed by atoms with Crippen molar-refractivity contribution in [2.45, 2.75) is 57.9 Å². The molecule has 0 aromatic rings. The minimum absolute atomic E-state index is 0. The lowest BCUT2D eigenvalue weighted by Gasteiger charge is -2.39. The van der Waals surface area contributed by atoms with E-state index in [1.165, 1.54) is 19.3 Å². The van der Waals surface area contributed by atoms with E-state index in [4.69, 9.17) is 5.73 Å². The van der Waals surface area contributed by atoms with Crippen LogP contribution in [0.25, 0.3) is 0 Å². The Balaban J connectivity index is 0.00000162. The van der Waals surface area contributed by atoms with E-state index in [9.17, 15) is 4.79 Å². The van der Waals surface area contributed by atoms with Gasteiger partial charge in [-0.15, -0.1) is 12.4 Å². The molecule has 0 bridgehead atoms. The first-order chi connectivity index (χ1) is 8.04. The first kappa shape index (κ1) is 15.8. The summed E-state index contributed by atoms with van der Waals surface area (Å²) in [5, 5.41) is 0. The zero-order valence-corrected chi connectivity index (χ0v) is 12.5. The maximum Gasteiger partial charge on any atom is 0.227 e. The van der Waals surface area contributed by atoms with Gasteiger partial charge in [-0.2, -0.15) is 0 Å². The minimum atomic E-state index is -0.278. The summed E-state index contributed by atoms with van der Waals surface area (Å²) in [5.74, 6) is 1.10. The molecule has 1 saturated carbocycles. The van der Waals surface area contributed by atoms with Crippen molar-refractivity contribution < 1.29 is 4.79 Å². The molecule has 1 amide bonds. The van der Waals surface area contributed by atoms with Gasteiger partial charge in [0.1, 0.15) is 0 Å². The van der Waals surface area contributed by atoms with Gasteiger partial charge < -0.3 is 10.6 Å². The van der Waals surface area contributed by atoms with Gasteiger partial charge in [-0.3, -0.25) is 4.79 Å². The Kier molecular flexibility index (Phi) is 5.47. The third-order valence-electron chi connectivity index (χ3n) is 4.73. The standard InChI is InChI=1S/C14H26N2O.ClH/c1-3-11-7-9-16(10-11)13(17)12-6-4-5-8-14(12,2)15;/h11-12H,3-10,15H2,1-2H3;1H. The van der Waals surface area contributed by atoms with Crippen LogP contribution >= 0.6 is 12.4 Å². The molecule has 1 aliphatic carbocycles. The van der Waals surface area contributed by atoms with Crippen molar-refractivity contribution in [3.05, 3.63) is 0 Å². The smallest absolute Gasteiger partial charge is 0.227 e. The van der Waals surface area contributed by atoms with Crippen LogP contribution in [0, 0.1) is 11.8 Å². The van der Waals surface area contributed by atoms with Crippen LogP contribution in [0.2, 0.25) is 0 Å². The first-order valence-electron chi connectivity index (χ1n) is 7.12. The topological polar surface area (TPSA) is 46.3 Å². The monoisotopic (exact) mass is 274 g/mol. The summed E-state index contributed by atoms with van der Waals surface area (Å²) in [5.41, 5.74) is 6.03. The van der Waals surface area contributed by atoms with E-state index in [1.807, 2.05) is 0 Å². The molecule has 1 saturated heterocycles. The van der Waals surface area contributed by atoms with Crippen LogP contribution in [0.5, 0.6) is 0 Å². The molecular weight excluding hydrogens is 248 g/mol. The van der Waals surface area contributed by atoms with Gasteiger partial charge in [-0.1, -0.05) is 26.2 Å². The van der Waals surface area contributed by atoms with Crippen molar-refractivity contribution in [1.29, 1.82) is 0 Å². The summed E-state index contributed by atoms with van der Waals surface area (Å²) in [6.07, 6.45) is 6.68.